The molecule has 5 nitrogen and oxygen atoms in total. The van der Waals surface area contributed by atoms with Crippen LogP contribution >= 0.6 is 0 Å². The molecule has 0 saturated carbocycles. The third kappa shape index (κ3) is 10.3. The summed E-state index contributed by atoms with van der Waals surface area (Å²) in [5, 5.41) is 11.2. The predicted molar refractivity (Wildman–Crippen MR) is 151 cm³/mol. The van der Waals surface area contributed by atoms with E-state index in [4.69, 9.17) is 4.94 Å². The normalized spacial score (nSPS) is 11.3. The van der Waals surface area contributed by atoms with Crippen LogP contribution in [0.25, 0.3) is 0 Å². The smallest absolute Gasteiger partial charge is 0.0510 e. The van der Waals surface area contributed by atoms with Crippen molar-refractivity contribution < 1.29 is 4.94 Å². The molecule has 0 aliphatic rings. The Kier molecular flexibility index (Phi) is 11.4. The summed E-state index contributed by atoms with van der Waals surface area (Å²) < 4.78 is 0. The topological polar surface area (TPSA) is 39.8 Å². The average molecular weight is 495 g/mol. The Labute approximate surface area is 221 Å². The monoisotopic (exact) mass is 494 g/mol. The Hall–Kier alpha value is -3.32. The summed E-state index contributed by atoms with van der Waals surface area (Å²) in [5.74, 6) is 0. The van der Waals surface area contributed by atoms with Gasteiger partial charge in [-0.3, -0.25) is 0 Å². The van der Waals surface area contributed by atoms with Gasteiger partial charge in [0.15, 0.2) is 0 Å². The highest BCUT2D eigenvalue weighted by molar-refractivity contribution is 5.16. The van der Waals surface area contributed by atoms with Crippen LogP contribution in [0.1, 0.15) is 22.3 Å². The van der Waals surface area contributed by atoms with Gasteiger partial charge < -0.3 is 10.6 Å². The van der Waals surface area contributed by atoms with E-state index in [1.807, 2.05) is 0 Å². The van der Waals surface area contributed by atoms with Gasteiger partial charge in [-0.1, -0.05) is 121 Å². The highest BCUT2D eigenvalue weighted by atomic mass is 16.8. The second-order valence-electron chi connectivity index (χ2n) is 9.10. The predicted octanol–water partition coefficient (Wildman–Crippen LogP) is 5.42. The summed E-state index contributed by atoms with van der Waals surface area (Å²) in [5.41, 5.74) is 5.03. The minimum absolute atomic E-state index is 0.719. The molecule has 2 N–H and O–H groups in total. The molecule has 0 aromatic heterocycles. The van der Waals surface area contributed by atoms with E-state index in [2.05, 4.69) is 142 Å². The zero-order valence-electron chi connectivity index (χ0n) is 21.5. The molecule has 0 fully saturated rings. The van der Waals surface area contributed by atoms with E-state index >= 15 is 0 Å². The molecule has 0 aliphatic heterocycles. The summed E-state index contributed by atoms with van der Waals surface area (Å²) >= 11 is 0. The van der Waals surface area contributed by atoms with Gasteiger partial charge in [-0.05, 0) is 22.3 Å². The van der Waals surface area contributed by atoms with E-state index in [0.717, 1.165) is 52.4 Å². The van der Waals surface area contributed by atoms with Crippen LogP contribution in [0.3, 0.4) is 0 Å². The molecule has 37 heavy (non-hydrogen) atoms. The minimum atomic E-state index is 0.719. The maximum absolute atomic E-state index is 6.55. The first-order valence-electron chi connectivity index (χ1n) is 13.1. The fraction of sp³-hybridized carbons (Fsp3) is 0.250. The zero-order chi connectivity index (χ0) is 25.4. The molecule has 192 valence electrons. The van der Waals surface area contributed by atoms with Crippen LogP contribution in [0.5, 0.6) is 0 Å². The number of hydrogen-bond acceptors (Lipinski definition) is 5. The van der Waals surface area contributed by atoms with Crippen LogP contribution in [0.2, 0.25) is 0 Å². The van der Waals surface area contributed by atoms with E-state index in [-0.39, 0.29) is 0 Å². The van der Waals surface area contributed by atoms with Gasteiger partial charge in [0, 0.05) is 39.3 Å². The summed E-state index contributed by atoms with van der Waals surface area (Å²) in [6.07, 6.45) is 0. The highest BCUT2D eigenvalue weighted by Crippen LogP contribution is 2.10. The number of nitrogens with zero attached hydrogens (tertiary/aromatic N) is 2. The number of rotatable bonds is 16. The van der Waals surface area contributed by atoms with E-state index in [0.29, 0.717) is 0 Å². The van der Waals surface area contributed by atoms with Gasteiger partial charge in [0.1, 0.15) is 0 Å². The minimum Gasteiger partial charge on any atom is -0.311 e. The van der Waals surface area contributed by atoms with Crippen molar-refractivity contribution >= 4 is 0 Å². The summed E-state index contributed by atoms with van der Waals surface area (Å²) in [7, 11) is 0. The molecule has 0 atom stereocenters. The van der Waals surface area contributed by atoms with E-state index in [1.165, 1.54) is 22.3 Å². The SMILES string of the molecule is c1ccc(CNCCN(Cc2ccccc2)ON(CCNCc2ccccc2)Cc2ccccc2)cc1. The molecule has 0 unspecified atom stereocenters. The Balaban J connectivity index is 1.35. The van der Waals surface area contributed by atoms with Gasteiger partial charge in [0.05, 0.1) is 13.1 Å². The van der Waals surface area contributed by atoms with Crippen molar-refractivity contribution in [3.8, 4) is 0 Å². The zero-order valence-corrected chi connectivity index (χ0v) is 21.5. The van der Waals surface area contributed by atoms with Crippen LogP contribution in [0.4, 0.5) is 0 Å². The molecule has 0 heterocycles. The van der Waals surface area contributed by atoms with Crippen molar-refractivity contribution in [1.29, 1.82) is 0 Å². The molecule has 4 rings (SSSR count). The van der Waals surface area contributed by atoms with Crippen LogP contribution in [-0.4, -0.2) is 36.3 Å². The standard InChI is InChI=1S/C32H38N4O/c1-5-13-29(14-6-1)25-33-21-23-35(27-31-17-9-3-10-18-31)37-36(28-32-19-11-4-12-20-32)24-22-34-26-30-15-7-2-8-16-30/h1-20,33-34H,21-28H2. The molecule has 4 aromatic rings. The molecule has 0 saturated heterocycles. The maximum Gasteiger partial charge on any atom is 0.0510 e. The third-order valence-corrected chi connectivity index (χ3v) is 6.05. The summed E-state index contributed by atoms with van der Waals surface area (Å²) in [6, 6.07) is 42.0. The van der Waals surface area contributed by atoms with E-state index < -0.39 is 0 Å². The van der Waals surface area contributed by atoms with Crippen molar-refractivity contribution in [3.63, 3.8) is 0 Å². The van der Waals surface area contributed by atoms with E-state index in [9.17, 15) is 0 Å². The molecular weight excluding hydrogens is 456 g/mol. The molecule has 4 aromatic carbocycles. The van der Waals surface area contributed by atoms with Gasteiger partial charge in [-0.25, -0.2) is 4.94 Å². The van der Waals surface area contributed by atoms with Gasteiger partial charge in [0.25, 0.3) is 0 Å². The maximum atomic E-state index is 6.55. The Bertz CT molecular complexity index is 1020. The van der Waals surface area contributed by atoms with Crippen molar-refractivity contribution in [2.75, 3.05) is 26.2 Å². The fourth-order valence-corrected chi connectivity index (χ4v) is 4.10. The van der Waals surface area contributed by atoms with E-state index in [1.54, 1.807) is 0 Å². The summed E-state index contributed by atoms with van der Waals surface area (Å²) in [6.45, 7) is 6.32. The number of hydrogen-bond donors (Lipinski definition) is 2. The summed E-state index contributed by atoms with van der Waals surface area (Å²) in [4.78, 5) is 6.55. The molecule has 0 aliphatic carbocycles. The van der Waals surface area contributed by atoms with Gasteiger partial charge >= 0.3 is 0 Å². The van der Waals surface area contributed by atoms with Crippen molar-refractivity contribution in [2.24, 2.45) is 0 Å². The lowest BCUT2D eigenvalue weighted by molar-refractivity contribution is -0.333. The Morgan fingerprint density at radius 1 is 0.432 bits per heavy atom. The Morgan fingerprint density at radius 3 is 1.11 bits per heavy atom. The average Bonchev–Trinajstić information content (AvgIpc) is 2.95. The highest BCUT2D eigenvalue weighted by Gasteiger charge is 2.14. The van der Waals surface area contributed by atoms with Crippen molar-refractivity contribution in [1.82, 2.24) is 20.8 Å². The lowest BCUT2D eigenvalue weighted by Gasteiger charge is -2.30. The number of benzene rings is 4. The fourth-order valence-electron chi connectivity index (χ4n) is 4.10. The van der Waals surface area contributed by atoms with Crippen LogP contribution in [0, 0.1) is 0 Å². The van der Waals surface area contributed by atoms with Gasteiger partial charge in [-0.15, -0.1) is 0 Å². The second kappa shape index (κ2) is 15.7. The molecule has 0 radical (unpaired) electrons. The number of hydroxylamine groups is 4. The Morgan fingerprint density at radius 2 is 0.757 bits per heavy atom. The van der Waals surface area contributed by atoms with Crippen molar-refractivity contribution in [2.45, 2.75) is 26.2 Å². The number of nitrogens with one attached hydrogen (secondary N) is 2. The van der Waals surface area contributed by atoms with Crippen molar-refractivity contribution in [3.05, 3.63) is 144 Å². The quantitative estimate of drug-likeness (QED) is 0.161. The second-order valence-corrected chi connectivity index (χ2v) is 9.10. The molecule has 0 amide bonds. The van der Waals surface area contributed by atoms with Crippen LogP contribution in [0.15, 0.2) is 121 Å². The lowest BCUT2D eigenvalue weighted by atomic mass is 10.2. The molecule has 5 heteroatoms. The molecular formula is C32H38N4O. The van der Waals surface area contributed by atoms with Gasteiger partial charge in [0.2, 0.25) is 0 Å². The largest absolute Gasteiger partial charge is 0.311 e. The van der Waals surface area contributed by atoms with Crippen LogP contribution < -0.4 is 10.6 Å². The molecule has 0 spiro atoms. The van der Waals surface area contributed by atoms with Crippen LogP contribution in [-0.2, 0) is 31.1 Å². The first kappa shape index (κ1) is 26.7. The first-order chi connectivity index (χ1) is 18.3. The first-order valence-corrected chi connectivity index (χ1v) is 13.1. The van der Waals surface area contributed by atoms with Gasteiger partial charge in [-0.2, -0.15) is 10.1 Å². The molecule has 0 bridgehead atoms. The third-order valence-electron chi connectivity index (χ3n) is 6.05. The lowest BCUT2D eigenvalue weighted by Crippen LogP contribution is -2.40.